The molecule has 2 N–H and O–H groups in total. The van der Waals surface area contributed by atoms with Gasteiger partial charge in [0.1, 0.15) is 14.3 Å². The van der Waals surface area contributed by atoms with Crippen molar-refractivity contribution in [2.75, 3.05) is 0 Å². The lowest BCUT2D eigenvalue weighted by Gasteiger charge is -2.24. The third-order valence-electron chi connectivity index (χ3n) is 1.96. The summed E-state index contributed by atoms with van der Waals surface area (Å²) in [6, 6.07) is 8.70. The van der Waals surface area contributed by atoms with Gasteiger partial charge in [-0.2, -0.15) is 0 Å². The van der Waals surface area contributed by atoms with Crippen LogP contribution >= 0.6 is 0 Å². The predicted octanol–water partition coefficient (Wildman–Crippen LogP) is 2.24. The minimum Gasteiger partial charge on any atom is -0.480 e. The van der Waals surface area contributed by atoms with Crippen LogP contribution in [-0.2, 0) is 4.79 Å². The van der Waals surface area contributed by atoms with Gasteiger partial charge >= 0.3 is 5.97 Å². The van der Waals surface area contributed by atoms with Crippen LogP contribution in [0, 0.1) is 0 Å². The zero-order chi connectivity index (χ0) is 11.5. The van der Waals surface area contributed by atoms with Crippen molar-refractivity contribution >= 4 is 14.2 Å². The van der Waals surface area contributed by atoms with Crippen LogP contribution in [0.4, 0.5) is 0 Å². The molecule has 0 unspecified atom stereocenters. The number of rotatable bonds is 4. The molecule has 1 atom stereocenters. The second kappa shape index (κ2) is 4.59. The number of carbonyl (C=O) groups is 1. The lowest BCUT2D eigenvalue weighted by molar-refractivity contribution is -0.139. The monoisotopic (exact) mass is 223 g/mol. The van der Waals surface area contributed by atoms with Crippen molar-refractivity contribution in [1.29, 1.82) is 0 Å². The van der Waals surface area contributed by atoms with Crippen molar-refractivity contribution < 1.29 is 9.90 Å². The predicted molar refractivity (Wildman–Crippen MR) is 63.3 cm³/mol. The standard InChI is InChI=1S/C11H17NO2Si/c1-15(2,3)12-10(11(13)14)9-7-5-4-6-8-9/h4-8,10,12H,1-3H3,(H,13,14)/t10-/m1/s1. The van der Waals surface area contributed by atoms with Crippen LogP contribution < -0.4 is 4.98 Å². The van der Waals surface area contributed by atoms with E-state index in [9.17, 15) is 4.79 Å². The fourth-order valence-corrected chi connectivity index (χ4v) is 2.52. The van der Waals surface area contributed by atoms with E-state index in [-0.39, 0.29) is 0 Å². The summed E-state index contributed by atoms with van der Waals surface area (Å²) >= 11 is 0. The Morgan fingerprint density at radius 2 is 1.80 bits per heavy atom. The molecule has 0 aromatic heterocycles. The summed E-state index contributed by atoms with van der Waals surface area (Å²) in [6.07, 6.45) is 0. The Labute approximate surface area is 91.2 Å². The molecule has 1 rings (SSSR count). The Bertz CT molecular complexity index is 332. The molecule has 1 aromatic carbocycles. The van der Waals surface area contributed by atoms with Gasteiger partial charge in [-0.3, -0.25) is 4.79 Å². The average Bonchev–Trinajstić information content (AvgIpc) is 2.14. The largest absolute Gasteiger partial charge is 0.480 e. The van der Waals surface area contributed by atoms with Crippen LogP contribution in [0.15, 0.2) is 30.3 Å². The van der Waals surface area contributed by atoms with E-state index in [1.165, 1.54) is 0 Å². The van der Waals surface area contributed by atoms with Gasteiger partial charge in [-0.25, -0.2) is 0 Å². The maximum Gasteiger partial charge on any atom is 0.324 e. The molecular weight excluding hydrogens is 206 g/mol. The second-order valence-corrected chi connectivity index (χ2v) is 9.36. The van der Waals surface area contributed by atoms with Gasteiger partial charge in [-0.05, 0) is 5.56 Å². The number of carboxylic acid groups (broad SMARTS) is 1. The highest BCUT2D eigenvalue weighted by Gasteiger charge is 2.25. The van der Waals surface area contributed by atoms with Crippen LogP contribution in [0.5, 0.6) is 0 Å². The van der Waals surface area contributed by atoms with E-state index in [0.717, 1.165) is 5.56 Å². The average molecular weight is 223 g/mol. The molecule has 0 aliphatic heterocycles. The SMILES string of the molecule is C[Si](C)(C)N[C@@H](C(=O)O)c1ccccc1. The summed E-state index contributed by atoms with van der Waals surface area (Å²) in [7, 11) is -1.60. The van der Waals surface area contributed by atoms with E-state index in [0.29, 0.717) is 0 Å². The van der Waals surface area contributed by atoms with Crippen LogP contribution in [0.25, 0.3) is 0 Å². The lowest BCUT2D eigenvalue weighted by Crippen LogP contribution is -2.46. The smallest absolute Gasteiger partial charge is 0.324 e. The van der Waals surface area contributed by atoms with Gasteiger partial charge in [0.15, 0.2) is 0 Å². The fourth-order valence-electron chi connectivity index (χ4n) is 1.37. The Kier molecular flexibility index (Phi) is 3.65. The maximum atomic E-state index is 11.1. The Balaban J connectivity index is 2.90. The first-order valence-electron chi connectivity index (χ1n) is 4.95. The second-order valence-electron chi connectivity index (χ2n) is 4.58. The number of hydrogen-bond donors (Lipinski definition) is 2. The van der Waals surface area contributed by atoms with Crippen LogP contribution in [0.3, 0.4) is 0 Å². The van der Waals surface area contributed by atoms with Crippen LogP contribution in [0.2, 0.25) is 19.6 Å². The Morgan fingerprint density at radius 1 is 1.27 bits per heavy atom. The van der Waals surface area contributed by atoms with Crippen LogP contribution in [-0.4, -0.2) is 19.3 Å². The Morgan fingerprint density at radius 3 is 2.20 bits per heavy atom. The van der Waals surface area contributed by atoms with Gasteiger partial charge in [0, 0.05) is 0 Å². The molecule has 0 saturated carbocycles. The molecule has 0 spiro atoms. The van der Waals surface area contributed by atoms with E-state index in [2.05, 4.69) is 24.6 Å². The van der Waals surface area contributed by atoms with Crippen molar-refractivity contribution in [3.63, 3.8) is 0 Å². The quantitative estimate of drug-likeness (QED) is 0.770. The normalized spacial score (nSPS) is 13.5. The molecule has 0 saturated heterocycles. The van der Waals surface area contributed by atoms with E-state index in [4.69, 9.17) is 5.11 Å². The summed E-state index contributed by atoms with van der Waals surface area (Å²) in [5.74, 6) is -0.816. The first-order valence-corrected chi connectivity index (χ1v) is 8.45. The molecule has 4 heteroatoms. The van der Waals surface area contributed by atoms with Crippen molar-refractivity contribution in [1.82, 2.24) is 4.98 Å². The summed E-state index contributed by atoms with van der Waals surface area (Å²) in [5.41, 5.74) is 0.812. The highest BCUT2D eigenvalue weighted by molar-refractivity contribution is 6.73. The van der Waals surface area contributed by atoms with Crippen molar-refractivity contribution in [2.45, 2.75) is 25.7 Å². The van der Waals surface area contributed by atoms with Crippen molar-refractivity contribution in [3.8, 4) is 0 Å². The third kappa shape index (κ3) is 3.85. The van der Waals surface area contributed by atoms with Gasteiger partial charge < -0.3 is 10.1 Å². The first-order chi connectivity index (χ1) is 6.90. The van der Waals surface area contributed by atoms with Crippen molar-refractivity contribution in [2.24, 2.45) is 0 Å². The summed E-state index contributed by atoms with van der Waals surface area (Å²) < 4.78 is 0. The van der Waals surface area contributed by atoms with Gasteiger partial charge in [0.2, 0.25) is 0 Å². The van der Waals surface area contributed by atoms with Crippen LogP contribution in [0.1, 0.15) is 11.6 Å². The van der Waals surface area contributed by atoms with Crippen molar-refractivity contribution in [3.05, 3.63) is 35.9 Å². The zero-order valence-corrected chi connectivity index (χ0v) is 10.3. The van der Waals surface area contributed by atoms with Gasteiger partial charge in [0.25, 0.3) is 0 Å². The molecular formula is C11H17NO2Si. The first kappa shape index (κ1) is 11.9. The molecule has 3 nitrogen and oxygen atoms in total. The Hall–Kier alpha value is -1.13. The molecule has 1 aromatic rings. The molecule has 82 valence electrons. The molecule has 0 aliphatic carbocycles. The fraction of sp³-hybridized carbons (Fsp3) is 0.364. The molecule has 0 aliphatic rings. The third-order valence-corrected chi connectivity index (χ3v) is 3.11. The van der Waals surface area contributed by atoms with E-state index in [1.807, 2.05) is 30.3 Å². The van der Waals surface area contributed by atoms with Gasteiger partial charge in [0.05, 0.1) is 0 Å². The van der Waals surface area contributed by atoms with Gasteiger partial charge in [-0.15, -0.1) is 0 Å². The summed E-state index contributed by atoms with van der Waals surface area (Å²) in [4.78, 5) is 14.3. The lowest BCUT2D eigenvalue weighted by atomic mass is 10.1. The number of benzene rings is 1. The van der Waals surface area contributed by atoms with Gasteiger partial charge in [-0.1, -0.05) is 50.0 Å². The highest BCUT2D eigenvalue weighted by atomic mass is 28.3. The molecule has 0 fully saturated rings. The molecule has 15 heavy (non-hydrogen) atoms. The minimum absolute atomic E-state index is 0.585. The van der Waals surface area contributed by atoms with E-state index >= 15 is 0 Å². The molecule has 0 amide bonds. The molecule has 0 heterocycles. The number of carboxylic acids is 1. The molecule has 0 radical (unpaired) electrons. The zero-order valence-electron chi connectivity index (χ0n) is 9.32. The molecule has 0 bridgehead atoms. The number of aliphatic carboxylic acids is 1. The minimum atomic E-state index is -1.60. The van der Waals surface area contributed by atoms with E-state index in [1.54, 1.807) is 0 Å². The number of hydrogen-bond acceptors (Lipinski definition) is 2. The topological polar surface area (TPSA) is 49.3 Å². The van der Waals surface area contributed by atoms with E-state index < -0.39 is 20.2 Å². The highest BCUT2D eigenvalue weighted by Crippen LogP contribution is 2.15. The summed E-state index contributed by atoms with van der Waals surface area (Å²) in [5, 5.41) is 9.15. The number of nitrogens with one attached hydrogen (secondary N) is 1. The maximum absolute atomic E-state index is 11.1. The summed E-state index contributed by atoms with van der Waals surface area (Å²) in [6.45, 7) is 6.27.